The van der Waals surface area contributed by atoms with Crippen LogP contribution in [-0.4, -0.2) is 47.3 Å². The van der Waals surface area contributed by atoms with E-state index in [0.717, 1.165) is 32.0 Å². The van der Waals surface area contributed by atoms with Crippen molar-refractivity contribution in [3.8, 4) is 0 Å². The number of aromatic nitrogens is 2. The third-order valence-electron chi connectivity index (χ3n) is 2.66. The van der Waals surface area contributed by atoms with E-state index in [4.69, 9.17) is 5.84 Å². The van der Waals surface area contributed by atoms with Gasteiger partial charge in [-0.05, 0) is 19.3 Å². The largest absolute Gasteiger partial charge is 0.369 e. The molecule has 0 spiro atoms. The predicted molar refractivity (Wildman–Crippen MR) is 77.9 cm³/mol. The fraction of sp³-hybridized carbons (Fsp3) is 0.636. The highest BCUT2D eigenvalue weighted by Crippen LogP contribution is 2.16. The number of thioether (sulfide) groups is 1. The highest BCUT2D eigenvalue weighted by molar-refractivity contribution is 7.98. The molecule has 1 rings (SSSR count). The number of hydrazine groups is 1. The van der Waals surface area contributed by atoms with Crippen LogP contribution in [0.3, 0.4) is 0 Å². The standard InChI is InChI=1S/C11H22N6S/c1-4-17(5-2)7-6-13-9-8-10(16-12)15-11(14-9)18-3/h8H,4-7,12H2,1-3H3,(H2,13,14,15,16). The summed E-state index contributed by atoms with van der Waals surface area (Å²) in [6.07, 6.45) is 1.94. The summed E-state index contributed by atoms with van der Waals surface area (Å²) in [5.74, 6) is 6.80. The molecule has 0 aromatic carbocycles. The van der Waals surface area contributed by atoms with Crippen LogP contribution < -0.4 is 16.6 Å². The molecule has 0 unspecified atom stereocenters. The lowest BCUT2D eigenvalue weighted by Crippen LogP contribution is -2.28. The van der Waals surface area contributed by atoms with Crippen LogP contribution in [0.5, 0.6) is 0 Å². The fourth-order valence-electron chi connectivity index (χ4n) is 1.56. The molecule has 18 heavy (non-hydrogen) atoms. The summed E-state index contributed by atoms with van der Waals surface area (Å²) in [6, 6.07) is 1.81. The molecule has 1 aromatic rings. The number of nitrogens with zero attached hydrogens (tertiary/aromatic N) is 3. The van der Waals surface area contributed by atoms with Gasteiger partial charge in [-0.25, -0.2) is 15.8 Å². The third kappa shape index (κ3) is 4.67. The van der Waals surface area contributed by atoms with Gasteiger partial charge < -0.3 is 15.6 Å². The number of anilines is 2. The van der Waals surface area contributed by atoms with Gasteiger partial charge in [0.1, 0.15) is 11.6 Å². The smallest absolute Gasteiger partial charge is 0.191 e. The minimum absolute atomic E-state index is 0.625. The van der Waals surface area contributed by atoms with Crippen molar-refractivity contribution in [2.45, 2.75) is 19.0 Å². The minimum Gasteiger partial charge on any atom is -0.369 e. The van der Waals surface area contributed by atoms with Gasteiger partial charge >= 0.3 is 0 Å². The van der Waals surface area contributed by atoms with E-state index in [1.807, 2.05) is 12.3 Å². The van der Waals surface area contributed by atoms with Gasteiger partial charge in [0, 0.05) is 19.2 Å². The Morgan fingerprint density at radius 2 is 1.94 bits per heavy atom. The van der Waals surface area contributed by atoms with Crippen LogP contribution in [-0.2, 0) is 0 Å². The van der Waals surface area contributed by atoms with Gasteiger partial charge in [-0.3, -0.25) is 0 Å². The number of hydrogen-bond acceptors (Lipinski definition) is 7. The molecule has 102 valence electrons. The Hall–Kier alpha value is -1.05. The topological polar surface area (TPSA) is 79.1 Å². The Morgan fingerprint density at radius 1 is 1.28 bits per heavy atom. The van der Waals surface area contributed by atoms with E-state index in [2.05, 4.69) is 39.5 Å². The summed E-state index contributed by atoms with van der Waals surface area (Å²) in [6.45, 7) is 8.31. The zero-order valence-electron chi connectivity index (χ0n) is 11.2. The number of nitrogens with two attached hydrogens (primary N) is 1. The first-order chi connectivity index (χ1) is 8.73. The van der Waals surface area contributed by atoms with E-state index in [1.165, 1.54) is 11.8 Å². The zero-order valence-corrected chi connectivity index (χ0v) is 12.0. The van der Waals surface area contributed by atoms with Crippen molar-refractivity contribution in [3.05, 3.63) is 6.07 Å². The van der Waals surface area contributed by atoms with E-state index in [1.54, 1.807) is 0 Å². The normalized spacial score (nSPS) is 10.7. The molecule has 0 amide bonds. The van der Waals surface area contributed by atoms with Crippen molar-refractivity contribution in [3.63, 3.8) is 0 Å². The van der Waals surface area contributed by atoms with E-state index >= 15 is 0 Å². The van der Waals surface area contributed by atoms with Crippen molar-refractivity contribution in [2.24, 2.45) is 5.84 Å². The molecule has 0 bridgehead atoms. The van der Waals surface area contributed by atoms with Crippen molar-refractivity contribution in [1.82, 2.24) is 14.9 Å². The number of nitrogens with one attached hydrogen (secondary N) is 2. The molecule has 0 saturated heterocycles. The molecule has 1 heterocycles. The molecule has 6 nitrogen and oxygen atoms in total. The maximum absolute atomic E-state index is 5.38. The Balaban J connectivity index is 2.55. The molecule has 7 heteroatoms. The Labute approximate surface area is 113 Å². The summed E-state index contributed by atoms with van der Waals surface area (Å²) < 4.78 is 0. The van der Waals surface area contributed by atoms with Crippen molar-refractivity contribution in [2.75, 3.05) is 43.2 Å². The quantitative estimate of drug-likeness (QED) is 0.284. The molecule has 0 atom stereocenters. The Morgan fingerprint density at radius 3 is 2.50 bits per heavy atom. The molecule has 0 fully saturated rings. The number of nitrogen functional groups attached to an aromatic ring is 1. The van der Waals surface area contributed by atoms with Crippen molar-refractivity contribution in [1.29, 1.82) is 0 Å². The first-order valence-electron chi connectivity index (χ1n) is 6.09. The van der Waals surface area contributed by atoms with Crippen LogP contribution in [0.25, 0.3) is 0 Å². The highest BCUT2D eigenvalue weighted by Gasteiger charge is 2.03. The monoisotopic (exact) mass is 270 g/mol. The van der Waals surface area contributed by atoms with Crippen molar-refractivity contribution >= 4 is 23.4 Å². The summed E-state index contributed by atoms with van der Waals surface area (Å²) in [5, 5.41) is 4.00. The molecular weight excluding hydrogens is 248 g/mol. The van der Waals surface area contributed by atoms with E-state index in [-0.39, 0.29) is 0 Å². The summed E-state index contributed by atoms with van der Waals surface area (Å²) in [5.41, 5.74) is 2.55. The average Bonchev–Trinajstić information content (AvgIpc) is 2.43. The number of likely N-dealkylation sites (N-methyl/N-ethyl adjacent to an activating group) is 1. The third-order valence-corrected chi connectivity index (χ3v) is 3.21. The molecule has 0 saturated carbocycles. The molecule has 0 radical (unpaired) electrons. The van der Waals surface area contributed by atoms with Gasteiger partial charge in [-0.2, -0.15) is 0 Å². The second-order valence-corrected chi connectivity index (χ2v) is 4.50. The van der Waals surface area contributed by atoms with Gasteiger partial charge in [-0.1, -0.05) is 25.6 Å². The molecule has 0 aliphatic heterocycles. The summed E-state index contributed by atoms with van der Waals surface area (Å²) >= 11 is 1.49. The maximum Gasteiger partial charge on any atom is 0.191 e. The number of hydrogen-bond donors (Lipinski definition) is 3. The highest BCUT2D eigenvalue weighted by atomic mass is 32.2. The van der Waals surface area contributed by atoms with E-state index in [9.17, 15) is 0 Å². The molecular formula is C11H22N6S. The summed E-state index contributed by atoms with van der Waals surface area (Å²) in [4.78, 5) is 10.9. The Bertz CT molecular complexity index is 333. The van der Waals surface area contributed by atoms with Crippen LogP contribution >= 0.6 is 11.8 Å². The number of rotatable bonds is 8. The van der Waals surface area contributed by atoms with E-state index in [0.29, 0.717) is 11.0 Å². The molecule has 0 aliphatic rings. The molecule has 1 aromatic heterocycles. The van der Waals surface area contributed by atoms with Crippen LogP contribution in [0.1, 0.15) is 13.8 Å². The fourth-order valence-corrected chi connectivity index (χ4v) is 1.94. The lowest BCUT2D eigenvalue weighted by Gasteiger charge is -2.18. The maximum atomic E-state index is 5.38. The van der Waals surface area contributed by atoms with Gasteiger partial charge in [0.25, 0.3) is 0 Å². The molecule has 4 N–H and O–H groups in total. The first kappa shape index (κ1) is 15.0. The molecule has 0 aliphatic carbocycles. The van der Waals surface area contributed by atoms with Crippen LogP contribution in [0.4, 0.5) is 11.6 Å². The minimum atomic E-state index is 0.625. The lowest BCUT2D eigenvalue weighted by atomic mass is 10.4. The van der Waals surface area contributed by atoms with Gasteiger partial charge in [0.05, 0.1) is 0 Å². The van der Waals surface area contributed by atoms with Crippen molar-refractivity contribution < 1.29 is 0 Å². The second-order valence-electron chi connectivity index (χ2n) is 3.72. The second kappa shape index (κ2) is 8.12. The van der Waals surface area contributed by atoms with Crippen LogP contribution in [0.15, 0.2) is 11.2 Å². The zero-order chi connectivity index (χ0) is 13.4. The average molecular weight is 270 g/mol. The SMILES string of the molecule is CCN(CC)CCNc1cc(NN)nc(SC)n1. The summed E-state index contributed by atoms with van der Waals surface area (Å²) in [7, 11) is 0. The predicted octanol–water partition coefficient (Wildman–Crippen LogP) is 1.24. The van der Waals surface area contributed by atoms with Gasteiger partial charge in [-0.15, -0.1) is 0 Å². The lowest BCUT2D eigenvalue weighted by molar-refractivity contribution is 0.316. The van der Waals surface area contributed by atoms with E-state index < -0.39 is 0 Å². The first-order valence-corrected chi connectivity index (χ1v) is 7.31. The van der Waals surface area contributed by atoms with Gasteiger partial charge in [0.2, 0.25) is 0 Å². The van der Waals surface area contributed by atoms with Crippen LogP contribution in [0, 0.1) is 0 Å². The Kier molecular flexibility index (Phi) is 6.77. The van der Waals surface area contributed by atoms with Gasteiger partial charge in [0.15, 0.2) is 5.16 Å². The van der Waals surface area contributed by atoms with Crippen LogP contribution in [0.2, 0.25) is 0 Å².